The zero-order valence-corrected chi connectivity index (χ0v) is 8.92. The zero-order valence-electron chi connectivity index (χ0n) is 8.10. The van der Waals surface area contributed by atoms with Gasteiger partial charge in [0, 0.05) is 24.4 Å². The van der Waals surface area contributed by atoms with Crippen LogP contribution in [0.3, 0.4) is 0 Å². The highest BCUT2D eigenvalue weighted by atomic mass is 35.5. The molecule has 0 amide bonds. The molecule has 1 fully saturated rings. The molecule has 1 aromatic rings. The molecule has 1 aromatic heterocycles. The van der Waals surface area contributed by atoms with Gasteiger partial charge in [-0.25, -0.2) is 0 Å². The number of ether oxygens (including phenoxy) is 1. The first-order valence-electron chi connectivity index (χ1n) is 4.51. The van der Waals surface area contributed by atoms with Crippen molar-refractivity contribution in [1.29, 1.82) is 0 Å². The number of aryl methyl sites for hydroxylation is 1. The third-order valence-electron chi connectivity index (χ3n) is 2.39. The van der Waals surface area contributed by atoms with Gasteiger partial charge in [-0.1, -0.05) is 5.16 Å². The molecule has 0 saturated carbocycles. The summed E-state index contributed by atoms with van der Waals surface area (Å²) < 4.78 is 10.4. The van der Waals surface area contributed by atoms with Crippen LogP contribution in [-0.2, 0) is 11.2 Å². The van der Waals surface area contributed by atoms with E-state index in [1.165, 1.54) is 0 Å². The summed E-state index contributed by atoms with van der Waals surface area (Å²) in [6, 6.07) is 2.09. The van der Waals surface area contributed by atoms with Gasteiger partial charge < -0.3 is 15.0 Å². The van der Waals surface area contributed by atoms with E-state index in [1.54, 1.807) is 0 Å². The summed E-state index contributed by atoms with van der Waals surface area (Å²) in [6.45, 7) is 3.32. The minimum atomic E-state index is 0. The van der Waals surface area contributed by atoms with Crippen LogP contribution in [0.5, 0.6) is 0 Å². The lowest BCUT2D eigenvalue weighted by Gasteiger charge is -2.09. The van der Waals surface area contributed by atoms with E-state index in [4.69, 9.17) is 15.0 Å². The second kappa shape index (κ2) is 4.77. The molecule has 2 rings (SSSR count). The molecule has 2 atom stereocenters. The molecule has 0 aliphatic carbocycles. The van der Waals surface area contributed by atoms with Gasteiger partial charge in [-0.3, -0.25) is 0 Å². The Morgan fingerprint density at radius 2 is 2.36 bits per heavy atom. The molecule has 2 heterocycles. The smallest absolute Gasteiger partial charge is 0.137 e. The van der Waals surface area contributed by atoms with E-state index in [0.717, 1.165) is 24.5 Å². The molecule has 0 spiro atoms. The summed E-state index contributed by atoms with van der Waals surface area (Å²) in [4.78, 5) is 0. The second-order valence-corrected chi connectivity index (χ2v) is 3.60. The standard InChI is InChI=1S/C9H14N2O2.ClH/c1-6-2-8(13-11-6)3-7-4-12-5-9(7)10;/h2,7,9H,3-5,10H2,1H3;1H/t7-,9+;/m1./s1. The largest absolute Gasteiger partial charge is 0.379 e. The Bertz CT molecular complexity index is 290. The van der Waals surface area contributed by atoms with Crippen molar-refractivity contribution in [3.8, 4) is 0 Å². The van der Waals surface area contributed by atoms with Crippen LogP contribution in [0, 0.1) is 12.8 Å². The highest BCUT2D eigenvalue weighted by Crippen LogP contribution is 2.17. The minimum Gasteiger partial charge on any atom is -0.379 e. The van der Waals surface area contributed by atoms with Gasteiger partial charge in [0.25, 0.3) is 0 Å². The molecule has 5 heteroatoms. The maximum atomic E-state index is 5.85. The van der Waals surface area contributed by atoms with Gasteiger partial charge in [0.05, 0.1) is 18.9 Å². The van der Waals surface area contributed by atoms with Crippen molar-refractivity contribution >= 4 is 12.4 Å². The average Bonchev–Trinajstić information content (AvgIpc) is 2.64. The molecular weight excluding hydrogens is 204 g/mol. The lowest BCUT2D eigenvalue weighted by atomic mass is 9.99. The van der Waals surface area contributed by atoms with Gasteiger partial charge >= 0.3 is 0 Å². The van der Waals surface area contributed by atoms with Crippen molar-refractivity contribution in [3.05, 3.63) is 17.5 Å². The number of halogens is 1. The first-order valence-corrected chi connectivity index (χ1v) is 4.51. The first kappa shape index (κ1) is 11.5. The van der Waals surface area contributed by atoms with Crippen molar-refractivity contribution in [1.82, 2.24) is 5.16 Å². The summed E-state index contributed by atoms with van der Waals surface area (Å²) in [5, 5.41) is 3.83. The van der Waals surface area contributed by atoms with Gasteiger partial charge in [-0.2, -0.15) is 0 Å². The molecule has 80 valence electrons. The van der Waals surface area contributed by atoms with E-state index >= 15 is 0 Å². The van der Waals surface area contributed by atoms with Crippen LogP contribution in [0.25, 0.3) is 0 Å². The molecule has 1 saturated heterocycles. The lowest BCUT2D eigenvalue weighted by Crippen LogP contribution is -2.29. The van der Waals surface area contributed by atoms with Crippen LogP contribution in [0.1, 0.15) is 11.5 Å². The van der Waals surface area contributed by atoms with Gasteiger partial charge in [-0.05, 0) is 6.92 Å². The molecule has 0 radical (unpaired) electrons. The van der Waals surface area contributed by atoms with Crippen LogP contribution < -0.4 is 5.73 Å². The van der Waals surface area contributed by atoms with Gasteiger partial charge in [0.2, 0.25) is 0 Å². The van der Waals surface area contributed by atoms with E-state index in [1.807, 2.05) is 13.0 Å². The summed E-state index contributed by atoms with van der Waals surface area (Å²) in [5.74, 6) is 1.29. The van der Waals surface area contributed by atoms with Crippen molar-refractivity contribution in [2.24, 2.45) is 11.7 Å². The Morgan fingerprint density at radius 3 is 2.86 bits per heavy atom. The fourth-order valence-corrected chi connectivity index (χ4v) is 1.60. The number of hydrogen-bond donors (Lipinski definition) is 1. The monoisotopic (exact) mass is 218 g/mol. The zero-order chi connectivity index (χ0) is 9.26. The highest BCUT2D eigenvalue weighted by molar-refractivity contribution is 5.85. The number of nitrogens with two attached hydrogens (primary N) is 1. The first-order chi connectivity index (χ1) is 6.25. The van der Waals surface area contributed by atoms with Crippen LogP contribution in [0.2, 0.25) is 0 Å². The Balaban J connectivity index is 0.000000980. The van der Waals surface area contributed by atoms with Crippen molar-refractivity contribution in [3.63, 3.8) is 0 Å². The van der Waals surface area contributed by atoms with Crippen molar-refractivity contribution < 1.29 is 9.26 Å². The summed E-state index contributed by atoms with van der Waals surface area (Å²) >= 11 is 0. The fraction of sp³-hybridized carbons (Fsp3) is 0.667. The molecule has 0 unspecified atom stereocenters. The van der Waals surface area contributed by atoms with E-state index in [-0.39, 0.29) is 18.4 Å². The van der Waals surface area contributed by atoms with Gasteiger partial charge in [-0.15, -0.1) is 12.4 Å². The van der Waals surface area contributed by atoms with Crippen molar-refractivity contribution in [2.75, 3.05) is 13.2 Å². The molecule has 1 aliphatic rings. The Labute approximate surface area is 89.2 Å². The average molecular weight is 219 g/mol. The molecule has 0 bridgehead atoms. The number of nitrogens with zero attached hydrogens (tertiary/aromatic N) is 1. The number of hydrogen-bond acceptors (Lipinski definition) is 4. The van der Waals surface area contributed by atoms with Crippen LogP contribution in [-0.4, -0.2) is 24.4 Å². The van der Waals surface area contributed by atoms with Crippen molar-refractivity contribution in [2.45, 2.75) is 19.4 Å². The Kier molecular flexibility index (Phi) is 3.92. The fourth-order valence-electron chi connectivity index (χ4n) is 1.60. The van der Waals surface area contributed by atoms with Crippen LogP contribution >= 0.6 is 12.4 Å². The molecule has 14 heavy (non-hydrogen) atoms. The quantitative estimate of drug-likeness (QED) is 0.802. The summed E-state index contributed by atoms with van der Waals surface area (Å²) in [7, 11) is 0. The van der Waals surface area contributed by atoms with E-state index < -0.39 is 0 Å². The highest BCUT2D eigenvalue weighted by Gasteiger charge is 2.26. The van der Waals surface area contributed by atoms with E-state index in [9.17, 15) is 0 Å². The van der Waals surface area contributed by atoms with E-state index in [2.05, 4.69) is 5.16 Å². The molecular formula is C9H15ClN2O2. The molecule has 2 N–H and O–H groups in total. The lowest BCUT2D eigenvalue weighted by molar-refractivity contribution is 0.182. The predicted octanol–water partition coefficient (Wildman–Crippen LogP) is 0.921. The Morgan fingerprint density at radius 1 is 1.57 bits per heavy atom. The third kappa shape index (κ3) is 2.47. The second-order valence-electron chi connectivity index (χ2n) is 3.60. The maximum Gasteiger partial charge on any atom is 0.137 e. The number of rotatable bonds is 2. The SMILES string of the molecule is Cc1cc(C[C@@H]2COC[C@@H]2N)on1.Cl. The predicted molar refractivity (Wildman–Crippen MR) is 54.5 cm³/mol. The minimum absolute atomic E-state index is 0. The normalized spacial score (nSPS) is 26.1. The maximum absolute atomic E-state index is 5.85. The molecule has 0 aromatic carbocycles. The summed E-state index contributed by atoms with van der Waals surface area (Å²) in [6.07, 6.45) is 0.835. The Hall–Kier alpha value is -0.580. The van der Waals surface area contributed by atoms with Crippen LogP contribution in [0.15, 0.2) is 10.6 Å². The van der Waals surface area contributed by atoms with E-state index in [0.29, 0.717) is 12.5 Å². The van der Waals surface area contributed by atoms with Crippen LogP contribution in [0.4, 0.5) is 0 Å². The molecule has 4 nitrogen and oxygen atoms in total. The van der Waals surface area contributed by atoms with Gasteiger partial charge in [0.1, 0.15) is 5.76 Å². The third-order valence-corrected chi connectivity index (χ3v) is 2.39. The summed E-state index contributed by atoms with van der Waals surface area (Å²) in [5.41, 5.74) is 6.77. The topological polar surface area (TPSA) is 61.3 Å². The van der Waals surface area contributed by atoms with Gasteiger partial charge in [0.15, 0.2) is 0 Å². The molecule has 1 aliphatic heterocycles. The number of aromatic nitrogens is 1.